The molecule has 4 aromatic rings. The van der Waals surface area contributed by atoms with Gasteiger partial charge in [-0.3, -0.25) is 9.69 Å². The SMILES string of the molecule is CNc1ccc(-c2ccnc3c2cc(CN2CC[C@@H](c4ccc(C(=O)N(C)C)cc4)[C@@H](F)C2)n3C)cn1. The number of amides is 1. The molecule has 3 aromatic heterocycles. The Kier molecular flexibility index (Phi) is 6.93. The molecule has 1 saturated heterocycles. The van der Waals surface area contributed by atoms with Gasteiger partial charge in [-0.25, -0.2) is 14.4 Å². The number of nitrogens with zero attached hydrogens (tertiary/aromatic N) is 5. The molecule has 4 heterocycles. The maximum Gasteiger partial charge on any atom is 0.253 e. The molecule has 1 N–H and O–H groups in total. The van der Waals surface area contributed by atoms with Gasteiger partial charge in [-0.1, -0.05) is 12.1 Å². The summed E-state index contributed by atoms with van der Waals surface area (Å²) in [4.78, 5) is 25.0. The van der Waals surface area contributed by atoms with Crippen LogP contribution in [0, 0.1) is 0 Å². The number of nitrogens with one attached hydrogen (secondary N) is 1. The zero-order chi connectivity index (χ0) is 26.1. The highest BCUT2D eigenvalue weighted by molar-refractivity contribution is 5.94. The summed E-state index contributed by atoms with van der Waals surface area (Å²) < 4.78 is 17.5. The van der Waals surface area contributed by atoms with E-state index in [4.69, 9.17) is 0 Å². The molecule has 0 unspecified atom stereocenters. The zero-order valence-electron chi connectivity index (χ0n) is 21.8. The quantitative estimate of drug-likeness (QED) is 0.416. The number of hydrogen-bond acceptors (Lipinski definition) is 5. The van der Waals surface area contributed by atoms with Gasteiger partial charge in [-0.2, -0.15) is 0 Å². The van der Waals surface area contributed by atoms with Crippen molar-refractivity contribution in [3.63, 3.8) is 0 Å². The van der Waals surface area contributed by atoms with Crippen molar-refractivity contribution in [2.24, 2.45) is 7.05 Å². The molecule has 0 bridgehead atoms. The maximum absolute atomic E-state index is 15.4. The van der Waals surface area contributed by atoms with E-state index in [2.05, 4.69) is 36.9 Å². The van der Waals surface area contributed by atoms with E-state index in [0.29, 0.717) is 18.7 Å². The average molecular weight is 501 g/mol. The molecule has 37 heavy (non-hydrogen) atoms. The number of pyridine rings is 2. The van der Waals surface area contributed by atoms with E-state index in [-0.39, 0.29) is 11.8 Å². The molecule has 8 heteroatoms. The number of likely N-dealkylation sites (tertiary alicyclic amines) is 1. The van der Waals surface area contributed by atoms with Crippen molar-refractivity contribution >= 4 is 22.8 Å². The molecule has 0 saturated carbocycles. The lowest BCUT2D eigenvalue weighted by atomic mass is 9.87. The van der Waals surface area contributed by atoms with Gasteiger partial charge in [0, 0.05) is 81.8 Å². The minimum absolute atomic E-state index is 0.0444. The van der Waals surface area contributed by atoms with Gasteiger partial charge in [0.05, 0.1) is 0 Å². The van der Waals surface area contributed by atoms with Gasteiger partial charge in [0.1, 0.15) is 17.6 Å². The van der Waals surface area contributed by atoms with E-state index in [1.807, 2.05) is 50.8 Å². The Labute approximate surface area is 216 Å². The predicted octanol–water partition coefficient (Wildman–Crippen LogP) is 4.71. The monoisotopic (exact) mass is 500 g/mol. The minimum Gasteiger partial charge on any atom is -0.373 e. The fraction of sp³-hybridized carbons (Fsp3) is 0.345. The van der Waals surface area contributed by atoms with Crippen molar-refractivity contribution in [3.8, 4) is 11.1 Å². The number of aromatic nitrogens is 3. The van der Waals surface area contributed by atoms with E-state index in [9.17, 15) is 4.79 Å². The Morgan fingerprint density at radius 3 is 2.57 bits per heavy atom. The van der Waals surface area contributed by atoms with Crippen molar-refractivity contribution in [3.05, 3.63) is 77.7 Å². The number of halogens is 1. The van der Waals surface area contributed by atoms with Crippen LogP contribution in [0.2, 0.25) is 0 Å². The zero-order valence-corrected chi connectivity index (χ0v) is 21.8. The second-order valence-corrected chi connectivity index (χ2v) is 9.94. The Morgan fingerprint density at radius 1 is 1.14 bits per heavy atom. The van der Waals surface area contributed by atoms with Crippen LogP contribution >= 0.6 is 0 Å². The minimum atomic E-state index is -0.968. The predicted molar refractivity (Wildman–Crippen MR) is 145 cm³/mol. The average Bonchev–Trinajstić information content (AvgIpc) is 3.23. The van der Waals surface area contributed by atoms with E-state index in [1.54, 1.807) is 31.1 Å². The second kappa shape index (κ2) is 10.3. The molecule has 1 amide bonds. The summed E-state index contributed by atoms with van der Waals surface area (Å²) in [5.41, 5.74) is 5.71. The molecule has 7 nitrogen and oxygen atoms in total. The van der Waals surface area contributed by atoms with E-state index < -0.39 is 6.17 Å². The van der Waals surface area contributed by atoms with Crippen LogP contribution in [-0.4, -0.2) is 70.6 Å². The Balaban J connectivity index is 1.31. The number of alkyl halides is 1. The first-order valence-corrected chi connectivity index (χ1v) is 12.6. The number of carbonyl (C=O) groups excluding carboxylic acids is 1. The topological polar surface area (TPSA) is 66.3 Å². The van der Waals surface area contributed by atoms with Crippen LogP contribution in [0.1, 0.15) is 34.0 Å². The van der Waals surface area contributed by atoms with E-state index >= 15 is 4.39 Å². The third-order valence-electron chi connectivity index (χ3n) is 7.36. The van der Waals surface area contributed by atoms with Crippen molar-refractivity contribution in [1.82, 2.24) is 24.3 Å². The first-order valence-electron chi connectivity index (χ1n) is 12.6. The number of carbonyl (C=O) groups is 1. The van der Waals surface area contributed by atoms with Gasteiger partial charge in [-0.15, -0.1) is 0 Å². The molecule has 5 rings (SSSR count). The lowest BCUT2D eigenvalue weighted by Crippen LogP contribution is -2.40. The fourth-order valence-corrected chi connectivity index (χ4v) is 5.22. The molecule has 1 fully saturated rings. The van der Waals surface area contributed by atoms with Crippen LogP contribution in [0.3, 0.4) is 0 Å². The highest BCUT2D eigenvalue weighted by Crippen LogP contribution is 2.33. The smallest absolute Gasteiger partial charge is 0.253 e. The second-order valence-electron chi connectivity index (χ2n) is 9.94. The van der Waals surface area contributed by atoms with Gasteiger partial charge < -0.3 is 14.8 Å². The van der Waals surface area contributed by atoms with Crippen molar-refractivity contribution < 1.29 is 9.18 Å². The summed E-state index contributed by atoms with van der Waals surface area (Å²) >= 11 is 0. The Bertz CT molecular complexity index is 1400. The molecule has 2 atom stereocenters. The number of aryl methyl sites for hydroxylation is 1. The number of anilines is 1. The highest BCUT2D eigenvalue weighted by atomic mass is 19.1. The molecule has 0 radical (unpaired) electrons. The summed E-state index contributed by atoms with van der Waals surface area (Å²) in [5, 5.41) is 4.12. The van der Waals surface area contributed by atoms with Gasteiger partial charge in [-0.05, 0) is 60.5 Å². The van der Waals surface area contributed by atoms with Crippen molar-refractivity contribution in [2.45, 2.75) is 25.1 Å². The van der Waals surface area contributed by atoms with Gasteiger partial charge >= 0.3 is 0 Å². The van der Waals surface area contributed by atoms with Crippen LogP contribution in [0.15, 0.2) is 60.9 Å². The van der Waals surface area contributed by atoms with E-state index in [0.717, 1.165) is 52.2 Å². The van der Waals surface area contributed by atoms with Crippen LogP contribution in [0.25, 0.3) is 22.2 Å². The molecule has 1 aliphatic rings. The van der Waals surface area contributed by atoms with Crippen molar-refractivity contribution in [1.29, 1.82) is 0 Å². The Morgan fingerprint density at radius 2 is 1.92 bits per heavy atom. The van der Waals surface area contributed by atoms with Gasteiger partial charge in [0.25, 0.3) is 5.91 Å². The fourth-order valence-electron chi connectivity index (χ4n) is 5.22. The third-order valence-corrected chi connectivity index (χ3v) is 7.36. The standard InChI is InChI=1S/C29H33FN6O/c1-31-27-10-9-21(16-33-27)23-11-13-32-28-25(23)15-22(35(28)4)17-36-14-12-24(26(30)18-36)19-5-7-20(8-6-19)29(37)34(2)3/h5-11,13,15-16,24,26H,12,14,17-18H2,1-4H3,(H,31,33)/t24-,26-/m0/s1. The normalized spacial score (nSPS) is 18.2. The molecule has 1 aliphatic heterocycles. The molecular weight excluding hydrogens is 467 g/mol. The Hall–Kier alpha value is -3.78. The number of piperidine rings is 1. The third kappa shape index (κ3) is 4.93. The summed E-state index contributed by atoms with van der Waals surface area (Å²) in [5.74, 6) is 0.621. The molecular formula is C29H33FN6O. The van der Waals surface area contributed by atoms with Gasteiger partial charge in [0.15, 0.2) is 0 Å². The number of rotatable bonds is 6. The number of hydrogen-bond donors (Lipinski definition) is 1. The molecule has 0 aliphatic carbocycles. The summed E-state index contributed by atoms with van der Waals surface area (Å²) in [6.07, 6.45) is 3.46. The lowest BCUT2D eigenvalue weighted by Gasteiger charge is -2.35. The van der Waals surface area contributed by atoms with Gasteiger partial charge in [0.2, 0.25) is 0 Å². The van der Waals surface area contributed by atoms with Crippen LogP contribution < -0.4 is 5.32 Å². The van der Waals surface area contributed by atoms with Crippen LogP contribution in [0.4, 0.5) is 10.2 Å². The lowest BCUT2D eigenvalue weighted by molar-refractivity contribution is 0.0827. The summed E-state index contributed by atoms with van der Waals surface area (Å²) in [6, 6.07) is 15.6. The first-order chi connectivity index (χ1) is 17.9. The number of benzene rings is 1. The number of fused-ring (bicyclic) bond motifs is 1. The first kappa shape index (κ1) is 24.9. The summed E-state index contributed by atoms with van der Waals surface area (Å²) in [6.45, 7) is 1.84. The van der Waals surface area contributed by atoms with E-state index in [1.165, 1.54) is 0 Å². The maximum atomic E-state index is 15.4. The van der Waals surface area contributed by atoms with Crippen LogP contribution in [0.5, 0.6) is 0 Å². The largest absolute Gasteiger partial charge is 0.373 e. The molecule has 1 aromatic carbocycles. The molecule has 192 valence electrons. The highest BCUT2D eigenvalue weighted by Gasteiger charge is 2.31. The van der Waals surface area contributed by atoms with Crippen molar-refractivity contribution in [2.75, 3.05) is 39.5 Å². The molecule has 0 spiro atoms. The summed E-state index contributed by atoms with van der Waals surface area (Å²) in [7, 11) is 7.33. The van der Waals surface area contributed by atoms with Crippen LogP contribution in [-0.2, 0) is 13.6 Å².